The molecular weight excluding hydrogens is 207 g/mol. The van der Waals surface area contributed by atoms with Gasteiger partial charge in [0.1, 0.15) is 11.3 Å². The smallest absolute Gasteiger partial charge is 0.221 e. The number of halogens is 1. The molecule has 0 aliphatic carbocycles. The number of carbonyl (C=O) groups is 1. The van der Waals surface area contributed by atoms with Crippen LogP contribution in [0.3, 0.4) is 0 Å². The number of hydrogen-bond donors (Lipinski definition) is 1. The van der Waals surface area contributed by atoms with Crippen molar-refractivity contribution in [3.05, 3.63) is 35.8 Å². The lowest BCUT2D eigenvalue weighted by atomic mass is 10.1. The zero-order valence-corrected chi connectivity index (χ0v) is 9.04. The zero-order chi connectivity index (χ0) is 11.7. The number of anilines is 1. The van der Waals surface area contributed by atoms with Crippen LogP contribution in [0.1, 0.15) is 12.6 Å². The first-order valence-electron chi connectivity index (χ1n) is 4.91. The van der Waals surface area contributed by atoms with E-state index in [-0.39, 0.29) is 11.7 Å². The fourth-order valence-corrected chi connectivity index (χ4v) is 1.57. The molecule has 0 atom stereocenters. The van der Waals surface area contributed by atoms with Crippen molar-refractivity contribution in [3.8, 4) is 0 Å². The molecule has 0 fully saturated rings. The summed E-state index contributed by atoms with van der Waals surface area (Å²) in [6, 6.07) is 6.47. The van der Waals surface area contributed by atoms with Gasteiger partial charge in [0.2, 0.25) is 5.91 Å². The van der Waals surface area contributed by atoms with Crippen molar-refractivity contribution in [2.45, 2.75) is 13.8 Å². The second kappa shape index (κ2) is 3.89. The first-order valence-corrected chi connectivity index (χ1v) is 4.91. The minimum Gasteiger partial charge on any atom is -0.325 e. The van der Waals surface area contributed by atoms with Crippen LogP contribution in [0.2, 0.25) is 0 Å². The number of rotatable bonds is 1. The van der Waals surface area contributed by atoms with Gasteiger partial charge < -0.3 is 5.32 Å². The molecule has 0 aliphatic heterocycles. The summed E-state index contributed by atoms with van der Waals surface area (Å²) >= 11 is 0. The number of amides is 1. The Morgan fingerprint density at radius 1 is 1.44 bits per heavy atom. The SMILES string of the molecule is CC(=O)Nc1cc2cccc(F)c2nc1C. The largest absolute Gasteiger partial charge is 0.325 e. The second-order valence-corrected chi connectivity index (χ2v) is 3.61. The quantitative estimate of drug-likeness (QED) is 0.799. The van der Waals surface area contributed by atoms with Gasteiger partial charge in [-0.15, -0.1) is 0 Å². The number of aromatic nitrogens is 1. The second-order valence-electron chi connectivity index (χ2n) is 3.61. The van der Waals surface area contributed by atoms with Gasteiger partial charge in [-0.1, -0.05) is 12.1 Å². The predicted octanol–water partition coefficient (Wildman–Crippen LogP) is 2.64. The molecule has 0 saturated heterocycles. The van der Waals surface area contributed by atoms with Crippen LogP contribution in [0.25, 0.3) is 10.9 Å². The Hall–Kier alpha value is -1.97. The lowest BCUT2D eigenvalue weighted by Crippen LogP contribution is -2.08. The minimum absolute atomic E-state index is 0.166. The number of hydrogen-bond acceptors (Lipinski definition) is 2. The number of fused-ring (bicyclic) bond motifs is 1. The molecule has 0 bridgehead atoms. The minimum atomic E-state index is -0.352. The van der Waals surface area contributed by atoms with Gasteiger partial charge in [0.15, 0.2) is 0 Å². The molecule has 2 aromatic rings. The first kappa shape index (κ1) is 10.5. The Bertz CT molecular complexity index is 566. The van der Waals surface area contributed by atoms with Gasteiger partial charge >= 0.3 is 0 Å². The Morgan fingerprint density at radius 2 is 2.19 bits per heavy atom. The molecule has 1 heterocycles. The standard InChI is InChI=1S/C12H11FN2O/c1-7-11(15-8(2)16)6-9-4-3-5-10(13)12(9)14-7/h3-6H,1-2H3,(H,15,16). The van der Waals surface area contributed by atoms with Gasteiger partial charge in [0.25, 0.3) is 0 Å². The van der Waals surface area contributed by atoms with E-state index in [9.17, 15) is 9.18 Å². The van der Waals surface area contributed by atoms with Gasteiger partial charge in [0, 0.05) is 12.3 Å². The van der Waals surface area contributed by atoms with E-state index < -0.39 is 0 Å². The van der Waals surface area contributed by atoms with Crippen molar-refractivity contribution in [1.82, 2.24) is 4.98 Å². The van der Waals surface area contributed by atoms with Gasteiger partial charge in [-0.2, -0.15) is 0 Å². The monoisotopic (exact) mass is 218 g/mol. The summed E-state index contributed by atoms with van der Waals surface area (Å²) < 4.78 is 13.4. The van der Waals surface area contributed by atoms with Crippen LogP contribution in [0.4, 0.5) is 10.1 Å². The predicted molar refractivity (Wildman–Crippen MR) is 60.7 cm³/mol. The van der Waals surface area contributed by atoms with Gasteiger partial charge in [0.05, 0.1) is 11.4 Å². The van der Waals surface area contributed by atoms with Crippen molar-refractivity contribution in [2.24, 2.45) is 0 Å². The number of pyridine rings is 1. The van der Waals surface area contributed by atoms with Crippen molar-refractivity contribution < 1.29 is 9.18 Å². The molecule has 0 unspecified atom stereocenters. The molecule has 1 aromatic heterocycles. The molecule has 82 valence electrons. The molecule has 0 radical (unpaired) electrons. The van der Waals surface area contributed by atoms with E-state index in [1.165, 1.54) is 13.0 Å². The highest BCUT2D eigenvalue weighted by Gasteiger charge is 2.07. The molecule has 16 heavy (non-hydrogen) atoms. The van der Waals surface area contributed by atoms with E-state index in [1.807, 2.05) is 0 Å². The van der Waals surface area contributed by atoms with Crippen LogP contribution >= 0.6 is 0 Å². The van der Waals surface area contributed by atoms with Crippen LogP contribution < -0.4 is 5.32 Å². The molecule has 2 rings (SSSR count). The molecule has 0 spiro atoms. The van der Waals surface area contributed by atoms with E-state index >= 15 is 0 Å². The summed E-state index contributed by atoms with van der Waals surface area (Å²) in [5.41, 5.74) is 1.55. The average Bonchev–Trinajstić information content (AvgIpc) is 2.20. The summed E-state index contributed by atoms with van der Waals surface area (Å²) in [5, 5.41) is 3.34. The fraction of sp³-hybridized carbons (Fsp3) is 0.167. The molecule has 0 aliphatic rings. The molecule has 1 N–H and O–H groups in total. The normalized spacial score (nSPS) is 10.4. The highest BCUT2D eigenvalue weighted by molar-refractivity contribution is 5.92. The van der Waals surface area contributed by atoms with Crippen molar-refractivity contribution >= 4 is 22.5 Å². The molecular formula is C12H11FN2O. The third kappa shape index (κ3) is 1.86. The molecule has 1 amide bonds. The first-order chi connectivity index (χ1) is 7.58. The van der Waals surface area contributed by atoms with Crippen molar-refractivity contribution in [2.75, 3.05) is 5.32 Å². The Balaban J connectivity index is 2.63. The van der Waals surface area contributed by atoms with Gasteiger partial charge in [-0.05, 0) is 19.1 Å². The summed E-state index contributed by atoms with van der Waals surface area (Å²) in [6.45, 7) is 3.16. The van der Waals surface area contributed by atoms with Crippen LogP contribution in [0.15, 0.2) is 24.3 Å². The van der Waals surface area contributed by atoms with Crippen molar-refractivity contribution in [3.63, 3.8) is 0 Å². The Morgan fingerprint density at radius 3 is 2.88 bits per heavy atom. The van der Waals surface area contributed by atoms with Crippen LogP contribution in [0, 0.1) is 12.7 Å². The van der Waals surface area contributed by atoms with Gasteiger partial charge in [-0.25, -0.2) is 9.37 Å². The number of aryl methyl sites for hydroxylation is 1. The van der Waals surface area contributed by atoms with E-state index in [4.69, 9.17) is 0 Å². The fourth-order valence-electron chi connectivity index (χ4n) is 1.57. The maximum atomic E-state index is 13.4. The number of benzene rings is 1. The van der Waals surface area contributed by atoms with Crippen molar-refractivity contribution in [1.29, 1.82) is 0 Å². The van der Waals surface area contributed by atoms with Gasteiger partial charge in [-0.3, -0.25) is 4.79 Å². The third-order valence-electron chi connectivity index (χ3n) is 2.30. The summed E-state index contributed by atoms with van der Waals surface area (Å²) in [7, 11) is 0. The zero-order valence-electron chi connectivity index (χ0n) is 9.04. The van der Waals surface area contributed by atoms with E-state index in [0.717, 1.165) is 0 Å². The molecule has 3 nitrogen and oxygen atoms in total. The molecule has 4 heteroatoms. The number of nitrogens with zero attached hydrogens (tertiary/aromatic N) is 1. The highest BCUT2D eigenvalue weighted by atomic mass is 19.1. The highest BCUT2D eigenvalue weighted by Crippen LogP contribution is 2.22. The average molecular weight is 218 g/mol. The lowest BCUT2D eigenvalue weighted by molar-refractivity contribution is -0.114. The maximum absolute atomic E-state index is 13.4. The summed E-state index contributed by atoms with van der Waals surface area (Å²) in [4.78, 5) is 15.1. The third-order valence-corrected chi connectivity index (χ3v) is 2.30. The molecule has 1 aromatic carbocycles. The Labute approximate surface area is 92.3 Å². The topological polar surface area (TPSA) is 42.0 Å². The number of carbonyl (C=O) groups excluding carboxylic acids is 1. The van der Waals surface area contributed by atoms with Crippen LogP contribution in [0.5, 0.6) is 0 Å². The van der Waals surface area contributed by atoms with Crippen LogP contribution in [-0.4, -0.2) is 10.9 Å². The summed E-state index contributed by atoms with van der Waals surface area (Å²) in [5.74, 6) is -0.518. The van der Waals surface area contributed by atoms with E-state index in [2.05, 4.69) is 10.3 Å². The van der Waals surface area contributed by atoms with E-state index in [0.29, 0.717) is 22.3 Å². The summed E-state index contributed by atoms with van der Waals surface area (Å²) in [6.07, 6.45) is 0. The van der Waals surface area contributed by atoms with Crippen LogP contribution in [-0.2, 0) is 4.79 Å². The maximum Gasteiger partial charge on any atom is 0.221 e. The lowest BCUT2D eigenvalue weighted by Gasteiger charge is -2.07. The Kier molecular flexibility index (Phi) is 2.56. The number of para-hydroxylation sites is 1. The number of nitrogens with one attached hydrogen (secondary N) is 1. The van der Waals surface area contributed by atoms with E-state index in [1.54, 1.807) is 25.1 Å². The molecule has 0 saturated carbocycles.